The van der Waals surface area contributed by atoms with Crippen LogP contribution in [-0.4, -0.2) is 48.2 Å². The van der Waals surface area contributed by atoms with Gasteiger partial charge in [-0.05, 0) is 45.2 Å². The summed E-state index contributed by atoms with van der Waals surface area (Å²) in [5.74, 6) is -0.0267. The first-order valence-corrected chi connectivity index (χ1v) is 7.68. The number of carbonyl (C=O) groups is 1. The van der Waals surface area contributed by atoms with Crippen molar-refractivity contribution in [3.63, 3.8) is 0 Å². The third kappa shape index (κ3) is 5.91. The molecule has 2 N–H and O–H groups in total. The molecule has 0 aromatic carbocycles. The molecule has 112 valence electrons. The number of carboxylic acid groups (broad SMARTS) is 1. The Morgan fingerprint density at radius 1 is 1.26 bits per heavy atom. The van der Waals surface area contributed by atoms with Crippen molar-refractivity contribution < 1.29 is 9.90 Å². The maximum atomic E-state index is 11.0. The van der Waals surface area contributed by atoms with Gasteiger partial charge in [0.2, 0.25) is 0 Å². The van der Waals surface area contributed by atoms with E-state index >= 15 is 0 Å². The quantitative estimate of drug-likeness (QED) is 0.675. The molecule has 1 unspecified atom stereocenters. The van der Waals surface area contributed by atoms with Crippen molar-refractivity contribution in [1.29, 1.82) is 0 Å². The molecule has 0 radical (unpaired) electrons. The molecule has 0 aromatic rings. The van der Waals surface area contributed by atoms with Crippen molar-refractivity contribution in [1.82, 2.24) is 10.2 Å². The van der Waals surface area contributed by atoms with E-state index in [-0.39, 0.29) is 0 Å². The smallest absolute Gasteiger partial charge is 0.320 e. The van der Waals surface area contributed by atoms with E-state index in [1.807, 2.05) is 0 Å². The van der Waals surface area contributed by atoms with Crippen molar-refractivity contribution >= 4 is 5.97 Å². The van der Waals surface area contributed by atoms with Gasteiger partial charge in [0, 0.05) is 12.6 Å². The molecule has 1 saturated carbocycles. The fourth-order valence-corrected chi connectivity index (χ4v) is 2.86. The Kier molecular flexibility index (Phi) is 7.39. The lowest BCUT2D eigenvalue weighted by Gasteiger charge is -2.30. The Labute approximate surface area is 117 Å². The molecule has 1 aliphatic rings. The number of likely N-dealkylation sites (N-methyl/N-ethyl adjacent to an activating group) is 1. The zero-order chi connectivity index (χ0) is 14.3. The third-order valence-electron chi connectivity index (χ3n) is 4.19. The van der Waals surface area contributed by atoms with Gasteiger partial charge in [-0.25, -0.2) is 0 Å². The number of nitrogens with zero attached hydrogens (tertiary/aromatic N) is 1. The molecule has 0 aliphatic heterocycles. The van der Waals surface area contributed by atoms with E-state index in [1.54, 1.807) is 7.05 Å². The summed E-state index contributed by atoms with van der Waals surface area (Å²) in [4.78, 5) is 13.6. The molecule has 4 nitrogen and oxygen atoms in total. The first kappa shape index (κ1) is 16.4. The van der Waals surface area contributed by atoms with E-state index in [0.29, 0.717) is 18.4 Å². The number of rotatable bonds is 9. The summed E-state index contributed by atoms with van der Waals surface area (Å²) in [5.41, 5.74) is 0. The van der Waals surface area contributed by atoms with Crippen molar-refractivity contribution in [3.05, 3.63) is 0 Å². The summed E-state index contributed by atoms with van der Waals surface area (Å²) in [6.07, 6.45) is 7.13. The molecule has 0 aromatic heterocycles. The van der Waals surface area contributed by atoms with E-state index < -0.39 is 12.0 Å². The molecule has 4 heteroatoms. The minimum atomic E-state index is -0.738. The van der Waals surface area contributed by atoms with Gasteiger partial charge in [0.1, 0.15) is 6.04 Å². The Morgan fingerprint density at radius 3 is 2.32 bits per heavy atom. The molecule has 1 atom stereocenters. The standard InChI is InChI=1S/C15H30N2O2/c1-12(2)8-10-17(13-6-4-5-7-13)11-9-14(16-3)15(18)19/h12-14,16H,4-11H2,1-3H3,(H,18,19). The first-order valence-electron chi connectivity index (χ1n) is 7.68. The second-order valence-corrected chi connectivity index (χ2v) is 6.12. The van der Waals surface area contributed by atoms with Gasteiger partial charge in [-0.15, -0.1) is 0 Å². The molecule has 0 saturated heterocycles. The van der Waals surface area contributed by atoms with Gasteiger partial charge in [0.15, 0.2) is 0 Å². The van der Waals surface area contributed by atoms with Crippen LogP contribution in [0.25, 0.3) is 0 Å². The van der Waals surface area contributed by atoms with E-state index in [1.165, 1.54) is 32.1 Å². The molecule has 19 heavy (non-hydrogen) atoms. The fraction of sp³-hybridized carbons (Fsp3) is 0.933. The molecular weight excluding hydrogens is 240 g/mol. The SMILES string of the molecule is CNC(CCN(CCC(C)C)C1CCCC1)C(=O)O. The van der Waals surface area contributed by atoms with Crippen LogP contribution in [0.4, 0.5) is 0 Å². The highest BCUT2D eigenvalue weighted by Crippen LogP contribution is 2.24. The number of carboxylic acids is 1. The Morgan fingerprint density at radius 2 is 1.84 bits per heavy atom. The first-order chi connectivity index (χ1) is 9.04. The maximum absolute atomic E-state index is 11.0. The lowest BCUT2D eigenvalue weighted by Crippen LogP contribution is -2.41. The van der Waals surface area contributed by atoms with Crippen LogP contribution in [0, 0.1) is 5.92 Å². The average molecular weight is 270 g/mol. The highest BCUT2D eigenvalue weighted by molar-refractivity contribution is 5.73. The van der Waals surface area contributed by atoms with Crippen molar-refractivity contribution in [2.45, 2.75) is 64.5 Å². The third-order valence-corrected chi connectivity index (χ3v) is 4.19. The molecule has 0 heterocycles. The summed E-state index contributed by atoms with van der Waals surface area (Å²) >= 11 is 0. The summed E-state index contributed by atoms with van der Waals surface area (Å²) in [6.45, 7) is 6.51. The Balaban J connectivity index is 2.45. The molecule has 0 spiro atoms. The highest BCUT2D eigenvalue weighted by Gasteiger charge is 2.24. The fourth-order valence-electron chi connectivity index (χ4n) is 2.86. The van der Waals surface area contributed by atoms with Gasteiger partial charge in [0.25, 0.3) is 0 Å². The monoisotopic (exact) mass is 270 g/mol. The van der Waals surface area contributed by atoms with Crippen molar-refractivity contribution in [2.24, 2.45) is 5.92 Å². The van der Waals surface area contributed by atoms with Crippen LogP contribution in [0.15, 0.2) is 0 Å². The van der Waals surface area contributed by atoms with E-state index in [0.717, 1.165) is 13.1 Å². The Bertz CT molecular complexity index is 263. The summed E-state index contributed by atoms with van der Waals surface area (Å²) in [6, 6.07) is 0.271. The molecule has 1 aliphatic carbocycles. The van der Waals surface area contributed by atoms with E-state index in [4.69, 9.17) is 5.11 Å². The van der Waals surface area contributed by atoms with Crippen LogP contribution in [0.2, 0.25) is 0 Å². The Hall–Kier alpha value is -0.610. The van der Waals surface area contributed by atoms with E-state index in [2.05, 4.69) is 24.1 Å². The van der Waals surface area contributed by atoms with Gasteiger partial charge in [-0.2, -0.15) is 0 Å². The zero-order valence-electron chi connectivity index (χ0n) is 12.7. The van der Waals surface area contributed by atoms with Gasteiger partial charge in [-0.3, -0.25) is 4.79 Å². The number of aliphatic carboxylic acids is 1. The minimum Gasteiger partial charge on any atom is -0.480 e. The van der Waals surface area contributed by atoms with Gasteiger partial charge in [-0.1, -0.05) is 26.7 Å². The van der Waals surface area contributed by atoms with Gasteiger partial charge >= 0.3 is 5.97 Å². The predicted octanol–water partition coefficient (Wildman–Crippen LogP) is 2.34. The lowest BCUT2D eigenvalue weighted by molar-refractivity contribution is -0.139. The number of hydrogen-bond acceptors (Lipinski definition) is 3. The lowest BCUT2D eigenvalue weighted by atomic mass is 10.1. The van der Waals surface area contributed by atoms with Crippen LogP contribution in [0.1, 0.15) is 52.4 Å². The molecule has 0 amide bonds. The maximum Gasteiger partial charge on any atom is 0.320 e. The van der Waals surface area contributed by atoms with Crippen LogP contribution in [-0.2, 0) is 4.79 Å². The number of nitrogens with one attached hydrogen (secondary N) is 1. The van der Waals surface area contributed by atoms with Crippen LogP contribution < -0.4 is 5.32 Å². The minimum absolute atomic E-state index is 0.414. The van der Waals surface area contributed by atoms with Crippen LogP contribution in [0.5, 0.6) is 0 Å². The summed E-state index contributed by atoms with van der Waals surface area (Å²) < 4.78 is 0. The average Bonchev–Trinajstić information content (AvgIpc) is 2.86. The molecule has 0 bridgehead atoms. The van der Waals surface area contributed by atoms with Crippen molar-refractivity contribution in [2.75, 3.05) is 20.1 Å². The van der Waals surface area contributed by atoms with Crippen molar-refractivity contribution in [3.8, 4) is 0 Å². The van der Waals surface area contributed by atoms with Gasteiger partial charge in [0.05, 0.1) is 0 Å². The molecule has 1 rings (SSSR count). The second-order valence-electron chi connectivity index (χ2n) is 6.12. The largest absolute Gasteiger partial charge is 0.480 e. The second kappa shape index (κ2) is 8.54. The molecule has 1 fully saturated rings. The predicted molar refractivity (Wildman–Crippen MR) is 78.4 cm³/mol. The summed E-state index contributed by atoms with van der Waals surface area (Å²) in [5, 5.41) is 12.0. The summed E-state index contributed by atoms with van der Waals surface area (Å²) in [7, 11) is 1.73. The normalized spacial score (nSPS) is 18.4. The van der Waals surface area contributed by atoms with Crippen LogP contribution >= 0.6 is 0 Å². The van der Waals surface area contributed by atoms with E-state index in [9.17, 15) is 4.79 Å². The van der Waals surface area contributed by atoms with Gasteiger partial charge < -0.3 is 15.3 Å². The zero-order valence-corrected chi connectivity index (χ0v) is 12.7. The topological polar surface area (TPSA) is 52.6 Å². The number of hydrogen-bond donors (Lipinski definition) is 2. The highest BCUT2D eigenvalue weighted by atomic mass is 16.4. The van der Waals surface area contributed by atoms with Crippen LogP contribution in [0.3, 0.4) is 0 Å². The molecular formula is C15H30N2O2.